The summed E-state index contributed by atoms with van der Waals surface area (Å²) in [5.41, 5.74) is 3.58. The molecule has 4 rings (SSSR count). The number of Topliss-reactive ketones (excluding diaryl/α,β-unsaturated/α-hetero) is 2. The Morgan fingerprint density at radius 2 is 1.59 bits per heavy atom. The van der Waals surface area contributed by atoms with E-state index in [-0.39, 0.29) is 0 Å². The fourth-order valence-electron chi connectivity index (χ4n) is 2.84. The Kier molecular flexibility index (Phi) is 2.56. The number of carbonyl (C=O) groups is 2. The van der Waals surface area contributed by atoms with Gasteiger partial charge in [-0.2, -0.15) is 5.10 Å². The van der Waals surface area contributed by atoms with Crippen LogP contribution in [0.5, 0.6) is 0 Å². The molecule has 0 amide bonds. The maximum Gasteiger partial charge on any atom is 0.237 e. The summed E-state index contributed by atoms with van der Waals surface area (Å²) in [6, 6.07) is 10.8. The molecule has 1 aliphatic carbocycles. The SMILES string of the molecule is Cc1nn(-c2ccncc2)c2c1C(=O)C(=O)c1ccccc1-2. The van der Waals surface area contributed by atoms with Crippen LogP contribution in [0.3, 0.4) is 0 Å². The number of rotatable bonds is 1. The molecule has 0 saturated carbocycles. The van der Waals surface area contributed by atoms with E-state index >= 15 is 0 Å². The summed E-state index contributed by atoms with van der Waals surface area (Å²) in [6.45, 7) is 1.75. The number of aromatic nitrogens is 3. The number of nitrogens with zero attached hydrogens (tertiary/aromatic N) is 3. The van der Waals surface area contributed by atoms with E-state index in [0.717, 1.165) is 11.3 Å². The van der Waals surface area contributed by atoms with E-state index in [1.807, 2.05) is 24.3 Å². The summed E-state index contributed by atoms with van der Waals surface area (Å²) in [5.74, 6) is -0.966. The molecule has 0 aliphatic heterocycles. The molecule has 0 fully saturated rings. The van der Waals surface area contributed by atoms with E-state index < -0.39 is 11.6 Å². The summed E-state index contributed by atoms with van der Waals surface area (Å²) in [5, 5.41) is 4.46. The van der Waals surface area contributed by atoms with Crippen LogP contribution in [-0.4, -0.2) is 26.3 Å². The van der Waals surface area contributed by atoms with Crippen molar-refractivity contribution in [2.75, 3.05) is 0 Å². The minimum Gasteiger partial charge on any atom is -0.285 e. The van der Waals surface area contributed by atoms with Gasteiger partial charge in [0, 0.05) is 23.5 Å². The molecule has 106 valence electrons. The minimum absolute atomic E-state index is 0.389. The average Bonchev–Trinajstić information content (AvgIpc) is 2.91. The van der Waals surface area contributed by atoms with E-state index in [9.17, 15) is 9.59 Å². The van der Waals surface area contributed by atoms with Crippen molar-refractivity contribution in [3.63, 3.8) is 0 Å². The molecule has 5 nitrogen and oxygen atoms in total. The van der Waals surface area contributed by atoms with Gasteiger partial charge in [0.25, 0.3) is 0 Å². The molecule has 0 spiro atoms. The van der Waals surface area contributed by atoms with Gasteiger partial charge in [-0.3, -0.25) is 14.6 Å². The zero-order valence-corrected chi connectivity index (χ0v) is 11.8. The van der Waals surface area contributed by atoms with Crippen LogP contribution in [0, 0.1) is 6.92 Å². The highest BCUT2D eigenvalue weighted by molar-refractivity contribution is 6.53. The van der Waals surface area contributed by atoms with E-state index in [0.29, 0.717) is 22.5 Å². The van der Waals surface area contributed by atoms with Crippen molar-refractivity contribution in [1.82, 2.24) is 14.8 Å². The number of hydrogen-bond acceptors (Lipinski definition) is 4. The first kappa shape index (κ1) is 12.6. The molecule has 0 atom stereocenters. The van der Waals surface area contributed by atoms with Crippen LogP contribution in [0.25, 0.3) is 16.9 Å². The molecular weight excluding hydrogens is 278 g/mol. The zero-order valence-electron chi connectivity index (χ0n) is 11.8. The van der Waals surface area contributed by atoms with Gasteiger partial charge in [-0.05, 0) is 19.1 Å². The van der Waals surface area contributed by atoms with Crippen molar-refractivity contribution in [1.29, 1.82) is 0 Å². The smallest absolute Gasteiger partial charge is 0.237 e. The summed E-state index contributed by atoms with van der Waals surface area (Å²) in [7, 11) is 0. The largest absolute Gasteiger partial charge is 0.285 e. The van der Waals surface area contributed by atoms with Gasteiger partial charge in [-0.25, -0.2) is 4.68 Å². The lowest BCUT2D eigenvalue weighted by Gasteiger charge is -2.16. The van der Waals surface area contributed by atoms with Crippen molar-refractivity contribution < 1.29 is 9.59 Å². The maximum atomic E-state index is 12.4. The third kappa shape index (κ3) is 1.59. The van der Waals surface area contributed by atoms with Crippen LogP contribution in [0.1, 0.15) is 26.4 Å². The van der Waals surface area contributed by atoms with Crippen LogP contribution >= 0.6 is 0 Å². The van der Waals surface area contributed by atoms with Crippen molar-refractivity contribution >= 4 is 11.6 Å². The highest BCUT2D eigenvalue weighted by Gasteiger charge is 2.35. The number of ketones is 2. The predicted octanol–water partition coefficient (Wildman–Crippen LogP) is 2.62. The first-order valence-electron chi connectivity index (χ1n) is 6.87. The molecule has 2 aromatic heterocycles. The Hall–Kier alpha value is -3.08. The molecule has 5 heteroatoms. The third-order valence-electron chi connectivity index (χ3n) is 3.83. The molecular formula is C17H11N3O2. The molecule has 1 aliphatic rings. The number of pyridine rings is 1. The Morgan fingerprint density at radius 3 is 2.32 bits per heavy atom. The monoisotopic (exact) mass is 289 g/mol. The number of hydrogen-bond donors (Lipinski definition) is 0. The second kappa shape index (κ2) is 4.46. The summed E-state index contributed by atoms with van der Waals surface area (Å²) in [4.78, 5) is 28.7. The Balaban J connectivity index is 2.10. The van der Waals surface area contributed by atoms with Crippen LogP contribution in [-0.2, 0) is 0 Å². The van der Waals surface area contributed by atoms with Gasteiger partial charge >= 0.3 is 0 Å². The van der Waals surface area contributed by atoms with Crippen molar-refractivity contribution in [2.24, 2.45) is 0 Å². The molecule has 0 N–H and O–H groups in total. The fourth-order valence-corrected chi connectivity index (χ4v) is 2.84. The second-order valence-electron chi connectivity index (χ2n) is 5.13. The molecule has 22 heavy (non-hydrogen) atoms. The van der Waals surface area contributed by atoms with Gasteiger partial charge in [0.1, 0.15) is 0 Å². The van der Waals surface area contributed by atoms with Gasteiger partial charge in [0.15, 0.2) is 0 Å². The summed E-state index contributed by atoms with van der Waals surface area (Å²) >= 11 is 0. The van der Waals surface area contributed by atoms with Crippen LogP contribution < -0.4 is 0 Å². The first-order valence-corrected chi connectivity index (χ1v) is 6.87. The Labute approximate surface area is 126 Å². The number of aryl methyl sites for hydroxylation is 1. The average molecular weight is 289 g/mol. The second-order valence-corrected chi connectivity index (χ2v) is 5.13. The number of carbonyl (C=O) groups excluding carboxylic acids is 2. The third-order valence-corrected chi connectivity index (χ3v) is 3.83. The molecule has 0 saturated heterocycles. The Morgan fingerprint density at radius 1 is 0.909 bits per heavy atom. The molecule has 0 radical (unpaired) electrons. The van der Waals surface area contributed by atoms with Gasteiger partial charge in [0.05, 0.1) is 22.6 Å². The maximum absolute atomic E-state index is 12.4. The molecule has 0 unspecified atom stereocenters. The predicted molar refractivity (Wildman–Crippen MR) is 80.2 cm³/mol. The van der Waals surface area contributed by atoms with Crippen LogP contribution in [0.2, 0.25) is 0 Å². The molecule has 0 bridgehead atoms. The molecule has 1 aromatic carbocycles. The minimum atomic E-state index is -0.494. The van der Waals surface area contributed by atoms with Crippen LogP contribution in [0.4, 0.5) is 0 Å². The van der Waals surface area contributed by atoms with Gasteiger partial charge < -0.3 is 0 Å². The molecule has 3 aromatic rings. The highest BCUT2D eigenvalue weighted by Crippen LogP contribution is 2.36. The first-order chi connectivity index (χ1) is 10.7. The topological polar surface area (TPSA) is 64.8 Å². The van der Waals surface area contributed by atoms with Crippen LogP contribution in [0.15, 0.2) is 48.8 Å². The normalized spacial score (nSPS) is 13.0. The Bertz CT molecular complexity index is 926. The van der Waals surface area contributed by atoms with Crippen molar-refractivity contribution in [2.45, 2.75) is 6.92 Å². The van der Waals surface area contributed by atoms with E-state index in [1.54, 1.807) is 36.1 Å². The van der Waals surface area contributed by atoms with E-state index in [2.05, 4.69) is 10.1 Å². The van der Waals surface area contributed by atoms with Crippen molar-refractivity contribution in [3.8, 4) is 16.9 Å². The lowest BCUT2D eigenvalue weighted by atomic mass is 9.87. The van der Waals surface area contributed by atoms with Gasteiger partial charge in [-0.1, -0.05) is 24.3 Å². The number of benzene rings is 1. The van der Waals surface area contributed by atoms with E-state index in [1.165, 1.54) is 0 Å². The lowest BCUT2D eigenvalue weighted by molar-refractivity contribution is 0.0815. The number of fused-ring (bicyclic) bond motifs is 3. The van der Waals surface area contributed by atoms with Gasteiger partial charge in [-0.15, -0.1) is 0 Å². The quantitative estimate of drug-likeness (QED) is 0.646. The van der Waals surface area contributed by atoms with Gasteiger partial charge in [0.2, 0.25) is 11.6 Å². The zero-order chi connectivity index (χ0) is 15.3. The lowest BCUT2D eigenvalue weighted by Crippen LogP contribution is -2.22. The molecule has 2 heterocycles. The van der Waals surface area contributed by atoms with E-state index in [4.69, 9.17) is 0 Å². The standard InChI is InChI=1S/C17H11N3O2/c1-10-14-15(20(19-10)11-6-8-18-9-7-11)12-4-2-3-5-13(12)16(21)17(14)22/h2-9H,1H3. The highest BCUT2D eigenvalue weighted by atomic mass is 16.2. The summed E-state index contributed by atoms with van der Waals surface area (Å²) < 4.78 is 1.70. The summed E-state index contributed by atoms with van der Waals surface area (Å²) in [6.07, 6.45) is 3.33. The van der Waals surface area contributed by atoms with Crippen molar-refractivity contribution in [3.05, 3.63) is 65.6 Å². The fraction of sp³-hybridized carbons (Fsp3) is 0.0588.